The second kappa shape index (κ2) is 12.7. The molecule has 3 aromatic carbocycles. The molecule has 0 unspecified atom stereocenters. The van der Waals surface area contributed by atoms with E-state index in [-0.39, 0.29) is 20.1 Å². The van der Waals surface area contributed by atoms with E-state index < -0.39 is 8.07 Å². The van der Waals surface area contributed by atoms with Crippen LogP contribution in [0.25, 0.3) is 42.7 Å². The molecule has 0 aliphatic rings. The van der Waals surface area contributed by atoms with Crippen LogP contribution in [0.1, 0.15) is 30.9 Å². The Morgan fingerprint density at radius 2 is 1.48 bits per heavy atom. The van der Waals surface area contributed by atoms with Gasteiger partial charge in [-0.3, -0.25) is 0 Å². The fourth-order valence-electron chi connectivity index (χ4n) is 4.62. The van der Waals surface area contributed by atoms with Gasteiger partial charge >= 0.3 is 0 Å². The summed E-state index contributed by atoms with van der Waals surface area (Å²) in [6.45, 7) is 13.7. The summed E-state index contributed by atoms with van der Waals surface area (Å²) in [4.78, 5) is 9.06. The number of hydrogen-bond acceptors (Lipinski definition) is 3. The zero-order chi connectivity index (χ0) is 27.6. The number of nitrogens with zero attached hydrogens (tertiary/aromatic N) is 2. The minimum Gasteiger partial charge on any atom is -0.304 e. The molecule has 0 saturated heterocycles. The van der Waals surface area contributed by atoms with E-state index in [1.54, 1.807) is 5.19 Å². The van der Waals surface area contributed by atoms with Crippen LogP contribution in [-0.4, -0.2) is 18.0 Å². The number of hydrogen-bond donors (Lipinski definition) is 0. The average Bonchev–Trinajstić information content (AvgIpc) is 3.33. The quantitative estimate of drug-likeness (QED) is 0.133. The summed E-state index contributed by atoms with van der Waals surface area (Å²) in [5, 5.41) is 4.25. The van der Waals surface area contributed by atoms with E-state index in [2.05, 4.69) is 93.1 Å². The Bertz CT molecular complexity index is 1700. The SMILES string of the molecule is CC(C)c1ccc(-c2[c-]ccc3c2sc2c([Si](C)(C)C)cccc23)nc1.Cc1ccc(-c2[c-]cccc2)nc1.[Ir]. The van der Waals surface area contributed by atoms with E-state index in [4.69, 9.17) is 4.98 Å². The van der Waals surface area contributed by atoms with E-state index >= 15 is 0 Å². The molecular formula is C35H34IrN2SSi-2. The van der Waals surface area contributed by atoms with Crippen molar-refractivity contribution < 1.29 is 20.1 Å². The van der Waals surface area contributed by atoms with E-state index in [1.165, 1.54) is 31.3 Å². The molecule has 5 heteroatoms. The van der Waals surface area contributed by atoms with Gasteiger partial charge in [0.05, 0.1) is 8.07 Å². The first kappa shape index (κ1) is 30.0. The van der Waals surface area contributed by atoms with E-state index in [9.17, 15) is 0 Å². The maximum absolute atomic E-state index is 4.75. The number of thiophene rings is 1. The normalized spacial score (nSPS) is 11.3. The van der Waals surface area contributed by atoms with Crippen LogP contribution in [0.15, 0.2) is 91.3 Å². The number of benzene rings is 3. The molecule has 40 heavy (non-hydrogen) atoms. The van der Waals surface area contributed by atoms with Crippen molar-refractivity contribution in [1.29, 1.82) is 0 Å². The first-order chi connectivity index (χ1) is 18.7. The molecule has 0 amide bonds. The predicted molar refractivity (Wildman–Crippen MR) is 172 cm³/mol. The van der Waals surface area contributed by atoms with Crippen molar-refractivity contribution in [2.24, 2.45) is 0 Å². The summed E-state index contributed by atoms with van der Waals surface area (Å²) in [6.07, 6.45) is 3.88. The summed E-state index contributed by atoms with van der Waals surface area (Å²) in [7, 11) is -1.39. The minimum absolute atomic E-state index is 0. The number of rotatable bonds is 4. The molecule has 0 fully saturated rings. The van der Waals surface area contributed by atoms with Crippen molar-refractivity contribution in [3.63, 3.8) is 0 Å². The molecular weight excluding hydrogens is 701 g/mol. The van der Waals surface area contributed by atoms with Gasteiger partial charge < -0.3 is 9.97 Å². The van der Waals surface area contributed by atoms with Gasteiger partial charge in [-0.2, -0.15) is 11.3 Å². The smallest absolute Gasteiger partial charge is 0.0794 e. The van der Waals surface area contributed by atoms with Gasteiger partial charge in [0, 0.05) is 37.2 Å². The van der Waals surface area contributed by atoms with Crippen LogP contribution in [-0.2, 0) is 20.1 Å². The molecule has 0 saturated carbocycles. The van der Waals surface area contributed by atoms with E-state index in [1.807, 2.05) is 67.1 Å². The van der Waals surface area contributed by atoms with Crippen LogP contribution in [0, 0.1) is 19.1 Å². The van der Waals surface area contributed by atoms with Gasteiger partial charge in [0.2, 0.25) is 0 Å². The molecule has 3 heterocycles. The van der Waals surface area contributed by atoms with Gasteiger partial charge in [0.15, 0.2) is 0 Å². The molecule has 6 aromatic rings. The predicted octanol–water partition coefficient (Wildman–Crippen LogP) is 9.44. The Hall–Kier alpha value is -2.95. The number of fused-ring (bicyclic) bond motifs is 3. The molecule has 0 atom stereocenters. The third kappa shape index (κ3) is 6.50. The molecule has 6 rings (SSSR count). The largest absolute Gasteiger partial charge is 0.304 e. The molecule has 0 bridgehead atoms. The van der Waals surface area contributed by atoms with E-state index in [0.29, 0.717) is 5.92 Å². The van der Waals surface area contributed by atoms with Crippen LogP contribution in [0.5, 0.6) is 0 Å². The Balaban J connectivity index is 0.000000223. The Kier molecular flexibility index (Phi) is 9.53. The molecule has 0 aliphatic heterocycles. The summed E-state index contributed by atoms with van der Waals surface area (Å²) < 4.78 is 2.75. The minimum atomic E-state index is -1.39. The molecule has 0 aliphatic carbocycles. The average molecular weight is 735 g/mol. The first-order valence-electron chi connectivity index (χ1n) is 13.4. The maximum atomic E-state index is 4.75. The van der Waals surface area contributed by atoms with Crippen LogP contribution in [0.4, 0.5) is 0 Å². The molecule has 205 valence electrons. The fourth-order valence-corrected chi connectivity index (χ4v) is 8.33. The monoisotopic (exact) mass is 735 g/mol. The van der Waals surface area contributed by atoms with Gasteiger partial charge in [-0.1, -0.05) is 81.3 Å². The Morgan fingerprint density at radius 1 is 0.725 bits per heavy atom. The summed E-state index contributed by atoms with van der Waals surface area (Å²) in [5.74, 6) is 0.500. The van der Waals surface area contributed by atoms with E-state index in [0.717, 1.165) is 22.5 Å². The summed E-state index contributed by atoms with van der Waals surface area (Å²) in [5.41, 5.74) is 6.62. The third-order valence-corrected chi connectivity index (χ3v) is 10.4. The van der Waals surface area contributed by atoms with Crippen molar-refractivity contribution in [1.82, 2.24) is 9.97 Å². The van der Waals surface area contributed by atoms with Crippen molar-refractivity contribution >= 4 is 44.8 Å². The van der Waals surface area contributed by atoms with Crippen LogP contribution >= 0.6 is 11.3 Å². The van der Waals surface area contributed by atoms with Gasteiger partial charge in [0.1, 0.15) is 0 Å². The molecule has 0 spiro atoms. The Morgan fingerprint density at radius 3 is 2.10 bits per heavy atom. The van der Waals surface area contributed by atoms with Gasteiger partial charge in [0.25, 0.3) is 0 Å². The van der Waals surface area contributed by atoms with Crippen LogP contribution in [0.2, 0.25) is 19.6 Å². The summed E-state index contributed by atoms with van der Waals surface area (Å²) in [6, 6.07) is 33.9. The van der Waals surface area contributed by atoms with Gasteiger partial charge in [-0.25, -0.2) is 0 Å². The second-order valence-corrected chi connectivity index (χ2v) is 17.3. The van der Waals surface area contributed by atoms with Gasteiger partial charge in [-0.05, 0) is 50.6 Å². The number of aromatic nitrogens is 2. The molecule has 0 N–H and O–H groups in total. The van der Waals surface area contributed by atoms with Crippen molar-refractivity contribution in [2.75, 3.05) is 0 Å². The van der Waals surface area contributed by atoms with Crippen molar-refractivity contribution in [3.05, 3.63) is 115 Å². The van der Waals surface area contributed by atoms with Crippen molar-refractivity contribution in [2.45, 2.75) is 46.3 Å². The second-order valence-electron chi connectivity index (χ2n) is 11.3. The number of pyridine rings is 2. The topological polar surface area (TPSA) is 25.8 Å². The maximum Gasteiger partial charge on any atom is 0.0794 e. The first-order valence-corrected chi connectivity index (χ1v) is 17.8. The number of aryl methyl sites for hydroxylation is 1. The van der Waals surface area contributed by atoms with Gasteiger partial charge in [-0.15, -0.1) is 59.7 Å². The zero-order valence-electron chi connectivity index (χ0n) is 23.9. The molecule has 2 nitrogen and oxygen atoms in total. The zero-order valence-corrected chi connectivity index (χ0v) is 28.1. The van der Waals surface area contributed by atoms with Crippen LogP contribution < -0.4 is 5.19 Å². The standard InChI is InChI=1S/C23H24NSSi.C12H10N.Ir/c1-15(2)16-12-13-20(24-14-16)19-10-6-8-17-18-9-7-11-21(26(3,4)5)23(18)25-22(17)19;1-10-7-8-12(13-9-10)11-5-3-2-4-6-11;/h6-9,11-15H,1-5H3;2-5,7-9H,1H3;/q2*-1;. The van der Waals surface area contributed by atoms with Crippen molar-refractivity contribution in [3.8, 4) is 22.5 Å². The third-order valence-electron chi connectivity index (χ3n) is 6.87. The molecule has 1 radical (unpaired) electrons. The summed E-state index contributed by atoms with van der Waals surface area (Å²) >= 11 is 1.91. The van der Waals surface area contributed by atoms with Crippen LogP contribution in [0.3, 0.4) is 0 Å². The fraction of sp³-hybridized carbons (Fsp3) is 0.200. The Labute approximate surface area is 256 Å². The molecule has 3 aromatic heterocycles.